The first-order valence-corrected chi connectivity index (χ1v) is 7.89. The Morgan fingerprint density at radius 3 is 2.50 bits per heavy atom. The van der Waals surface area contributed by atoms with Crippen molar-refractivity contribution < 1.29 is 0 Å². The number of benzene rings is 2. The maximum atomic E-state index is 5.68. The van der Waals surface area contributed by atoms with Crippen LogP contribution in [0.25, 0.3) is 11.0 Å². The van der Waals surface area contributed by atoms with E-state index in [9.17, 15) is 0 Å². The number of rotatable bonds is 5. The van der Waals surface area contributed by atoms with Crippen molar-refractivity contribution in [1.29, 1.82) is 0 Å². The molecule has 0 saturated carbocycles. The molecule has 22 heavy (non-hydrogen) atoms. The molecule has 0 saturated heterocycles. The molecule has 2 aromatic carbocycles. The fourth-order valence-electron chi connectivity index (χ4n) is 2.82. The zero-order valence-corrected chi connectivity index (χ0v) is 13.3. The first-order valence-electron chi connectivity index (χ1n) is 7.89. The zero-order valence-electron chi connectivity index (χ0n) is 13.3. The molecule has 0 amide bonds. The van der Waals surface area contributed by atoms with Gasteiger partial charge in [0.2, 0.25) is 0 Å². The van der Waals surface area contributed by atoms with Crippen molar-refractivity contribution in [2.45, 2.75) is 33.2 Å². The van der Waals surface area contributed by atoms with Crippen LogP contribution in [0.15, 0.2) is 42.5 Å². The lowest BCUT2D eigenvalue weighted by atomic mass is 10.1. The molecule has 1 heterocycles. The summed E-state index contributed by atoms with van der Waals surface area (Å²) in [5.41, 5.74) is 11.9. The summed E-state index contributed by atoms with van der Waals surface area (Å²) >= 11 is 0. The number of fused-ring (bicyclic) bond motifs is 1. The Bertz CT molecular complexity index is 772. The van der Waals surface area contributed by atoms with Gasteiger partial charge in [-0.25, -0.2) is 4.98 Å². The number of aromatic nitrogens is 2. The predicted octanol–water partition coefficient (Wildman–Crippen LogP) is 3.59. The Kier molecular flexibility index (Phi) is 4.25. The molecule has 0 aliphatic rings. The lowest BCUT2D eigenvalue weighted by molar-refractivity contribution is 0.703. The standard InChI is InChI=1S/C19H23N3/c1-14-11-17-18(12-15(14)2)22(19(21-17)9-6-10-20)13-16-7-4-3-5-8-16/h3-5,7-8,11-12H,6,9-10,13,20H2,1-2H3. The molecule has 0 aliphatic heterocycles. The van der Waals surface area contributed by atoms with Gasteiger partial charge in [-0.05, 0) is 55.6 Å². The average Bonchev–Trinajstić information content (AvgIpc) is 2.84. The molecule has 2 N–H and O–H groups in total. The van der Waals surface area contributed by atoms with Crippen LogP contribution in [0.2, 0.25) is 0 Å². The smallest absolute Gasteiger partial charge is 0.110 e. The molecule has 3 rings (SSSR count). The van der Waals surface area contributed by atoms with Crippen molar-refractivity contribution in [2.75, 3.05) is 6.54 Å². The van der Waals surface area contributed by atoms with Crippen LogP contribution in [0, 0.1) is 13.8 Å². The average molecular weight is 293 g/mol. The van der Waals surface area contributed by atoms with Gasteiger partial charge >= 0.3 is 0 Å². The molecule has 0 bridgehead atoms. The molecular formula is C19H23N3. The fraction of sp³-hybridized carbons (Fsp3) is 0.316. The molecule has 0 spiro atoms. The number of hydrogen-bond acceptors (Lipinski definition) is 2. The van der Waals surface area contributed by atoms with Gasteiger partial charge in [0, 0.05) is 13.0 Å². The van der Waals surface area contributed by atoms with Crippen molar-refractivity contribution in [3.05, 3.63) is 65.0 Å². The monoisotopic (exact) mass is 293 g/mol. The summed E-state index contributed by atoms with van der Waals surface area (Å²) in [7, 11) is 0. The van der Waals surface area contributed by atoms with E-state index in [1.165, 1.54) is 22.2 Å². The van der Waals surface area contributed by atoms with Crippen LogP contribution in [-0.4, -0.2) is 16.1 Å². The predicted molar refractivity (Wildman–Crippen MR) is 92.1 cm³/mol. The highest BCUT2D eigenvalue weighted by Gasteiger charge is 2.12. The summed E-state index contributed by atoms with van der Waals surface area (Å²) in [5, 5.41) is 0. The lowest BCUT2D eigenvalue weighted by Gasteiger charge is -2.10. The number of nitrogens with two attached hydrogens (primary N) is 1. The molecule has 0 unspecified atom stereocenters. The van der Waals surface area contributed by atoms with Gasteiger partial charge in [-0.15, -0.1) is 0 Å². The molecule has 0 aliphatic carbocycles. The molecule has 0 fully saturated rings. The van der Waals surface area contributed by atoms with Crippen molar-refractivity contribution >= 4 is 11.0 Å². The molecule has 0 radical (unpaired) electrons. The highest BCUT2D eigenvalue weighted by atomic mass is 15.1. The van der Waals surface area contributed by atoms with Gasteiger partial charge in [-0.3, -0.25) is 0 Å². The third-order valence-electron chi connectivity index (χ3n) is 4.23. The SMILES string of the molecule is Cc1cc2nc(CCCN)n(Cc3ccccc3)c2cc1C. The lowest BCUT2D eigenvalue weighted by Crippen LogP contribution is -2.08. The van der Waals surface area contributed by atoms with E-state index < -0.39 is 0 Å². The minimum absolute atomic E-state index is 0.701. The maximum Gasteiger partial charge on any atom is 0.110 e. The van der Waals surface area contributed by atoms with Crippen LogP contribution in [0.4, 0.5) is 0 Å². The van der Waals surface area contributed by atoms with E-state index in [1.54, 1.807) is 0 Å². The highest BCUT2D eigenvalue weighted by Crippen LogP contribution is 2.22. The normalized spacial score (nSPS) is 11.2. The summed E-state index contributed by atoms with van der Waals surface area (Å²) in [5.74, 6) is 1.13. The van der Waals surface area contributed by atoms with Gasteiger partial charge in [-0.1, -0.05) is 30.3 Å². The summed E-state index contributed by atoms with van der Waals surface area (Å²) in [6.07, 6.45) is 1.90. The van der Waals surface area contributed by atoms with Crippen LogP contribution in [0.5, 0.6) is 0 Å². The molecular weight excluding hydrogens is 270 g/mol. The van der Waals surface area contributed by atoms with Crippen molar-refractivity contribution in [2.24, 2.45) is 5.73 Å². The van der Waals surface area contributed by atoms with E-state index >= 15 is 0 Å². The second-order valence-corrected chi connectivity index (χ2v) is 5.92. The topological polar surface area (TPSA) is 43.8 Å². The van der Waals surface area contributed by atoms with Crippen LogP contribution in [0.3, 0.4) is 0 Å². The van der Waals surface area contributed by atoms with Crippen LogP contribution in [0.1, 0.15) is 28.9 Å². The fourth-order valence-corrected chi connectivity index (χ4v) is 2.82. The van der Waals surface area contributed by atoms with Gasteiger partial charge in [-0.2, -0.15) is 0 Å². The molecule has 3 nitrogen and oxygen atoms in total. The quantitative estimate of drug-likeness (QED) is 0.781. The van der Waals surface area contributed by atoms with Gasteiger partial charge in [0.05, 0.1) is 11.0 Å². The number of aryl methyl sites for hydroxylation is 3. The molecule has 0 atom stereocenters. The minimum Gasteiger partial charge on any atom is -0.330 e. The Balaban J connectivity index is 2.09. The summed E-state index contributed by atoms with van der Waals surface area (Å²) in [4.78, 5) is 4.86. The van der Waals surface area contributed by atoms with Crippen molar-refractivity contribution in [1.82, 2.24) is 9.55 Å². The maximum absolute atomic E-state index is 5.68. The minimum atomic E-state index is 0.701. The van der Waals surface area contributed by atoms with Gasteiger partial charge < -0.3 is 10.3 Å². The number of hydrogen-bond donors (Lipinski definition) is 1. The Morgan fingerprint density at radius 2 is 1.77 bits per heavy atom. The molecule has 114 valence electrons. The second kappa shape index (κ2) is 6.32. The Morgan fingerprint density at radius 1 is 1.05 bits per heavy atom. The third-order valence-corrected chi connectivity index (χ3v) is 4.23. The van der Waals surface area contributed by atoms with Gasteiger partial charge in [0.15, 0.2) is 0 Å². The van der Waals surface area contributed by atoms with E-state index in [1.807, 2.05) is 0 Å². The van der Waals surface area contributed by atoms with Crippen LogP contribution in [-0.2, 0) is 13.0 Å². The first kappa shape index (κ1) is 14.8. The molecule has 3 heteroatoms. The number of imidazole rings is 1. The Hall–Kier alpha value is -2.13. The Labute approximate surface area is 131 Å². The van der Waals surface area contributed by atoms with Gasteiger partial charge in [0.25, 0.3) is 0 Å². The van der Waals surface area contributed by atoms with Crippen molar-refractivity contribution in [3.63, 3.8) is 0 Å². The summed E-state index contributed by atoms with van der Waals surface area (Å²) in [6.45, 7) is 5.87. The largest absolute Gasteiger partial charge is 0.330 e. The van der Waals surface area contributed by atoms with Crippen LogP contribution < -0.4 is 5.73 Å². The van der Waals surface area contributed by atoms with E-state index in [4.69, 9.17) is 10.7 Å². The van der Waals surface area contributed by atoms with Gasteiger partial charge in [0.1, 0.15) is 5.82 Å². The summed E-state index contributed by atoms with van der Waals surface area (Å²) in [6, 6.07) is 15.0. The summed E-state index contributed by atoms with van der Waals surface area (Å²) < 4.78 is 2.34. The first-order chi connectivity index (χ1) is 10.7. The second-order valence-electron chi connectivity index (χ2n) is 5.92. The van der Waals surface area contributed by atoms with Crippen LogP contribution >= 0.6 is 0 Å². The number of nitrogens with zero attached hydrogens (tertiary/aromatic N) is 2. The highest BCUT2D eigenvalue weighted by molar-refractivity contribution is 5.78. The van der Waals surface area contributed by atoms with Crippen molar-refractivity contribution in [3.8, 4) is 0 Å². The molecule has 3 aromatic rings. The van der Waals surface area contributed by atoms with E-state index in [-0.39, 0.29) is 0 Å². The van der Waals surface area contributed by atoms with E-state index in [0.29, 0.717) is 6.54 Å². The molecule has 1 aromatic heterocycles. The zero-order chi connectivity index (χ0) is 15.5. The van der Waals surface area contributed by atoms with E-state index in [0.717, 1.165) is 30.7 Å². The van der Waals surface area contributed by atoms with E-state index in [2.05, 4.69) is 60.9 Å². The third kappa shape index (κ3) is 2.90.